The summed E-state index contributed by atoms with van der Waals surface area (Å²) in [5, 5.41) is 0.461. The summed E-state index contributed by atoms with van der Waals surface area (Å²) in [7, 11) is 0. The Morgan fingerprint density at radius 1 is 1.06 bits per heavy atom. The Hall–Kier alpha value is -1.45. The lowest BCUT2D eigenvalue weighted by Gasteiger charge is -2.11. The van der Waals surface area contributed by atoms with Gasteiger partial charge in [0.25, 0.3) is 0 Å². The van der Waals surface area contributed by atoms with Gasteiger partial charge in [0.2, 0.25) is 0 Å². The maximum absolute atomic E-state index is 13.9. The summed E-state index contributed by atoms with van der Waals surface area (Å²) in [6, 6.07) is 7.34. The van der Waals surface area contributed by atoms with Crippen molar-refractivity contribution in [3.05, 3.63) is 58.1 Å². The van der Waals surface area contributed by atoms with Gasteiger partial charge in [0.1, 0.15) is 11.6 Å². The lowest BCUT2D eigenvalue weighted by molar-refractivity contribution is 0.595. The van der Waals surface area contributed by atoms with Crippen LogP contribution in [0, 0.1) is 18.6 Å². The standard InChI is InChI=1S/C14H12ClF2N/c1-8-4-14(17)12(6-13(8)16)11-5-10(15)3-2-9(11)7-18/h2-6H,7,18H2,1H3. The molecule has 1 nitrogen and oxygen atoms in total. The number of halogens is 3. The second kappa shape index (κ2) is 5.04. The van der Waals surface area contributed by atoms with E-state index in [1.54, 1.807) is 18.2 Å². The van der Waals surface area contributed by atoms with E-state index in [9.17, 15) is 8.78 Å². The Morgan fingerprint density at radius 3 is 2.44 bits per heavy atom. The van der Waals surface area contributed by atoms with Crippen molar-refractivity contribution < 1.29 is 8.78 Å². The van der Waals surface area contributed by atoms with E-state index in [0.717, 1.165) is 5.56 Å². The van der Waals surface area contributed by atoms with Crippen LogP contribution in [0.1, 0.15) is 11.1 Å². The molecule has 0 atom stereocenters. The molecule has 2 rings (SSSR count). The first-order chi connectivity index (χ1) is 8.52. The zero-order valence-electron chi connectivity index (χ0n) is 9.81. The molecule has 2 aromatic rings. The summed E-state index contributed by atoms with van der Waals surface area (Å²) in [5.41, 5.74) is 7.30. The third-order valence-electron chi connectivity index (χ3n) is 2.83. The summed E-state index contributed by atoms with van der Waals surface area (Å²) in [5.74, 6) is -0.930. The van der Waals surface area contributed by atoms with Gasteiger partial charge in [-0.1, -0.05) is 17.7 Å². The maximum Gasteiger partial charge on any atom is 0.131 e. The highest BCUT2D eigenvalue weighted by molar-refractivity contribution is 6.30. The number of hydrogen-bond acceptors (Lipinski definition) is 1. The second-order valence-corrected chi connectivity index (χ2v) is 4.52. The molecule has 2 aromatic carbocycles. The molecule has 0 aliphatic rings. The van der Waals surface area contributed by atoms with Crippen LogP contribution in [0.2, 0.25) is 5.02 Å². The smallest absolute Gasteiger partial charge is 0.131 e. The largest absolute Gasteiger partial charge is 0.326 e. The van der Waals surface area contributed by atoms with Gasteiger partial charge < -0.3 is 5.73 Å². The predicted octanol–water partition coefficient (Wildman–Crippen LogP) is 4.05. The number of rotatable bonds is 2. The molecule has 4 heteroatoms. The van der Waals surface area contributed by atoms with Crippen LogP contribution >= 0.6 is 11.6 Å². The van der Waals surface area contributed by atoms with Crippen molar-refractivity contribution in [2.45, 2.75) is 13.5 Å². The molecular formula is C14H12ClF2N. The zero-order chi connectivity index (χ0) is 13.3. The average molecular weight is 268 g/mol. The van der Waals surface area contributed by atoms with Crippen LogP contribution in [0.5, 0.6) is 0 Å². The third kappa shape index (κ3) is 2.37. The fraction of sp³-hybridized carbons (Fsp3) is 0.143. The minimum atomic E-state index is -0.481. The van der Waals surface area contributed by atoms with Crippen LogP contribution in [-0.2, 0) is 6.54 Å². The Kier molecular flexibility index (Phi) is 3.64. The van der Waals surface area contributed by atoms with Crippen molar-refractivity contribution in [3.8, 4) is 11.1 Å². The summed E-state index contributed by atoms with van der Waals surface area (Å²) in [6.45, 7) is 1.76. The van der Waals surface area contributed by atoms with Gasteiger partial charge in [0.05, 0.1) is 0 Å². The Bertz CT molecular complexity index is 597. The lowest BCUT2D eigenvalue weighted by atomic mass is 9.98. The predicted molar refractivity (Wildman–Crippen MR) is 69.4 cm³/mol. The Balaban J connectivity index is 2.68. The molecule has 0 heterocycles. The fourth-order valence-electron chi connectivity index (χ4n) is 1.83. The van der Waals surface area contributed by atoms with E-state index in [4.69, 9.17) is 17.3 Å². The molecule has 0 aliphatic heterocycles. The van der Waals surface area contributed by atoms with E-state index in [2.05, 4.69) is 0 Å². The molecule has 0 aromatic heterocycles. The third-order valence-corrected chi connectivity index (χ3v) is 3.07. The molecule has 0 saturated carbocycles. The molecule has 0 bridgehead atoms. The van der Waals surface area contributed by atoms with Crippen molar-refractivity contribution in [2.24, 2.45) is 5.73 Å². The van der Waals surface area contributed by atoms with Gasteiger partial charge in [-0.2, -0.15) is 0 Å². The minimum absolute atomic E-state index is 0.182. The Morgan fingerprint density at radius 2 is 1.78 bits per heavy atom. The van der Waals surface area contributed by atoms with E-state index in [1.165, 1.54) is 19.1 Å². The van der Waals surface area contributed by atoms with Crippen LogP contribution in [0.25, 0.3) is 11.1 Å². The maximum atomic E-state index is 13.9. The van der Waals surface area contributed by atoms with Crippen LogP contribution in [0.4, 0.5) is 8.78 Å². The highest BCUT2D eigenvalue weighted by Crippen LogP contribution is 2.30. The van der Waals surface area contributed by atoms with E-state index in [-0.39, 0.29) is 17.7 Å². The van der Waals surface area contributed by atoms with Gasteiger partial charge in [0.15, 0.2) is 0 Å². The topological polar surface area (TPSA) is 26.0 Å². The van der Waals surface area contributed by atoms with E-state index >= 15 is 0 Å². The summed E-state index contributed by atoms with van der Waals surface area (Å²) < 4.78 is 27.5. The van der Waals surface area contributed by atoms with Crippen LogP contribution < -0.4 is 5.73 Å². The molecular weight excluding hydrogens is 256 g/mol. The quantitative estimate of drug-likeness (QED) is 0.873. The van der Waals surface area contributed by atoms with Crippen LogP contribution in [0.15, 0.2) is 30.3 Å². The fourth-order valence-corrected chi connectivity index (χ4v) is 2.00. The van der Waals surface area contributed by atoms with Gasteiger partial charge in [-0.05, 0) is 47.9 Å². The van der Waals surface area contributed by atoms with Gasteiger partial charge in [0, 0.05) is 17.1 Å². The second-order valence-electron chi connectivity index (χ2n) is 4.09. The summed E-state index contributed by atoms with van der Waals surface area (Å²) >= 11 is 5.89. The van der Waals surface area contributed by atoms with Gasteiger partial charge in [-0.3, -0.25) is 0 Å². The molecule has 0 unspecified atom stereocenters. The Labute approximate surface area is 109 Å². The summed E-state index contributed by atoms with van der Waals surface area (Å²) in [6.07, 6.45) is 0. The molecule has 0 radical (unpaired) electrons. The van der Waals surface area contributed by atoms with Crippen molar-refractivity contribution in [2.75, 3.05) is 0 Å². The molecule has 0 spiro atoms. The van der Waals surface area contributed by atoms with Crippen molar-refractivity contribution >= 4 is 11.6 Å². The van der Waals surface area contributed by atoms with Crippen LogP contribution in [-0.4, -0.2) is 0 Å². The first-order valence-electron chi connectivity index (χ1n) is 5.47. The van der Waals surface area contributed by atoms with E-state index < -0.39 is 11.6 Å². The number of hydrogen-bond donors (Lipinski definition) is 1. The number of aryl methyl sites for hydroxylation is 1. The highest BCUT2D eigenvalue weighted by Gasteiger charge is 2.12. The monoisotopic (exact) mass is 267 g/mol. The minimum Gasteiger partial charge on any atom is -0.326 e. The molecule has 0 saturated heterocycles. The number of benzene rings is 2. The molecule has 2 N–H and O–H groups in total. The lowest BCUT2D eigenvalue weighted by Crippen LogP contribution is -2.00. The van der Waals surface area contributed by atoms with Crippen molar-refractivity contribution in [3.63, 3.8) is 0 Å². The highest BCUT2D eigenvalue weighted by atomic mass is 35.5. The molecule has 0 fully saturated rings. The molecule has 0 aliphatic carbocycles. The number of nitrogens with two attached hydrogens (primary N) is 1. The normalized spacial score (nSPS) is 10.7. The zero-order valence-corrected chi connectivity index (χ0v) is 10.6. The molecule has 0 amide bonds. The SMILES string of the molecule is Cc1cc(F)c(-c2cc(Cl)ccc2CN)cc1F. The van der Waals surface area contributed by atoms with Crippen molar-refractivity contribution in [1.29, 1.82) is 0 Å². The van der Waals surface area contributed by atoms with Crippen LogP contribution in [0.3, 0.4) is 0 Å². The van der Waals surface area contributed by atoms with Gasteiger partial charge in [-0.25, -0.2) is 8.78 Å². The van der Waals surface area contributed by atoms with Gasteiger partial charge in [-0.15, -0.1) is 0 Å². The first-order valence-corrected chi connectivity index (χ1v) is 5.85. The average Bonchev–Trinajstić information content (AvgIpc) is 2.34. The molecule has 18 heavy (non-hydrogen) atoms. The van der Waals surface area contributed by atoms with Gasteiger partial charge >= 0.3 is 0 Å². The summed E-state index contributed by atoms with van der Waals surface area (Å²) in [4.78, 5) is 0. The van der Waals surface area contributed by atoms with E-state index in [0.29, 0.717) is 10.6 Å². The van der Waals surface area contributed by atoms with Crippen molar-refractivity contribution in [1.82, 2.24) is 0 Å². The van der Waals surface area contributed by atoms with E-state index in [1.807, 2.05) is 0 Å². The molecule has 94 valence electrons. The first kappa shape index (κ1) is 13.0.